The first-order valence-electron chi connectivity index (χ1n) is 8.53. The van der Waals surface area contributed by atoms with E-state index in [1.165, 1.54) is 11.1 Å². The second kappa shape index (κ2) is 8.32. The van der Waals surface area contributed by atoms with Crippen LogP contribution in [-0.2, 0) is 13.0 Å². The molecule has 126 valence electrons. The Hall–Kier alpha value is -2.84. The fourth-order valence-corrected chi connectivity index (χ4v) is 2.99. The van der Waals surface area contributed by atoms with Gasteiger partial charge >= 0.3 is 0 Å². The van der Waals surface area contributed by atoms with Crippen LogP contribution >= 0.6 is 0 Å². The van der Waals surface area contributed by atoms with Crippen LogP contribution in [0.25, 0.3) is 0 Å². The number of allylic oxidation sites excluding steroid dienone is 1. The number of rotatable bonds is 7. The molecule has 0 aromatic heterocycles. The van der Waals surface area contributed by atoms with E-state index >= 15 is 0 Å². The van der Waals surface area contributed by atoms with Gasteiger partial charge in [-0.05, 0) is 29.2 Å². The van der Waals surface area contributed by atoms with E-state index in [9.17, 15) is 5.11 Å². The topological polar surface area (TPSA) is 32.3 Å². The maximum absolute atomic E-state index is 10.8. The first-order valence-corrected chi connectivity index (χ1v) is 8.53. The highest BCUT2D eigenvalue weighted by Crippen LogP contribution is 2.28. The molecule has 2 nitrogen and oxygen atoms in total. The number of hydrogen-bond donors (Lipinski definition) is 2. The standard InChI is InChI=1S/C23H23NO/c1-2-10-18-11-6-7-14-20(18)17-24-22-16-9-8-15-21(22)23(25)19-12-4-3-5-13-19/h2-9,11-16,23-25H,1,10,17H2. The Morgan fingerprint density at radius 3 is 2.24 bits per heavy atom. The molecule has 0 bridgehead atoms. The molecule has 0 heterocycles. The Balaban J connectivity index is 1.81. The molecule has 25 heavy (non-hydrogen) atoms. The van der Waals surface area contributed by atoms with Gasteiger partial charge in [-0.2, -0.15) is 0 Å². The van der Waals surface area contributed by atoms with Crippen LogP contribution in [0.5, 0.6) is 0 Å². The SMILES string of the molecule is C=CCc1ccccc1CNc1ccccc1C(O)c1ccccc1. The maximum atomic E-state index is 10.8. The number of para-hydroxylation sites is 1. The zero-order valence-corrected chi connectivity index (χ0v) is 14.2. The van der Waals surface area contributed by atoms with Crippen LogP contribution in [0.3, 0.4) is 0 Å². The molecule has 3 aromatic carbocycles. The van der Waals surface area contributed by atoms with Crippen molar-refractivity contribution in [1.29, 1.82) is 0 Å². The molecule has 0 radical (unpaired) electrons. The van der Waals surface area contributed by atoms with Gasteiger partial charge in [-0.1, -0.05) is 78.9 Å². The molecule has 3 aromatic rings. The molecule has 1 unspecified atom stereocenters. The van der Waals surface area contributed by atoms with Gasteiger partial charge in [0, 0.05) is 17.8 Å². The van der Waals surface area contributed by atoms with E-state index < -0.39 is 6.10 Å². The molecular weight excluding hydrogens is 306 g/mol. The molecule has 0 aliphatic carbocycles. The Morgan fingerprint density at radius 1 is 0.840 bits per heavy atom. The van der Waals surface area contributed by atoms with E-state index in [1.807, 2.05) is 66.7 Å². The lowest BCUT2D eigenvalue weighted by Gasteiger charge is -2.18. The van der Waals surface area contributed by atoms with Crippen molar-refractivity contribution in [3.05, 3.63) is 114 Å². The Labute approximate surface area is 149 Å². The van der Waals surface area contributed by atoms with Gasteiger partial charge in [-0.25, -0.2) is 0 Å². The first-order chi connectivity index (χ1) is 12.3. The molecule has 0 amide bonds. The number of hydrogen-bond acceptors (Lipinski definition) is 2. The zero-order valence-electron chi connectivity index (χ0n) is 14.2. The summed E-state index contributed by atoms with van der Waals surface area (Å²) < 4.78 is 0. The number of anilines is 1. The third-order valence-electron chi connectivity index (χ3n) is 4.32. The summed E-state index contributed by atoms with van der Waals surface area (Å²) in [5.41, 5.74) is 5.24. The Bertz CT molecular complexity index is 826. The van der Waals surface area contributed by atoms with Crippen molar-refractivity contribution < 1.29 is 5.11 Å². The molecule has 2 N–H and O–H groups in total. The van der Waals surface area contributed by atoms with Crippen molar-refractivity contribution in [2.75, 3.05) is 5.32 Å². The number of benzene rings is 3. The highest BCUT2D eigenvalue weighted by molar-refractivity contribution is 5.54. The fraction of sp³-hybridized carbons (Fsp3) is 0.130. The molecule has 2 heteroatoms. The molecule has 0 spiro atoms. The minimum Gasteiger partial charge on any atom is -0.384 e. The summed E-state index contributed by atoms with van der Waals surface area (Å²) in [6.07, 6.45) is 2.13. The van der Waals surface area contributed by atoms with Crippen LogP contribution in [0.15, 0.2) is 91.5 Å². The lowest BCUT2D eigenvalue weighted by atomic mass is 9.99. The minimum absolute atomic E-state index is 0.645. The van der Waals surface area contributed by atoms with E-state index in [4.69, 9.17) is 0 Å². The highest BCUT2D eigenvalue weighted by Gasteiger charge is 2.14. The minimum atomic E-state index is -0.645. The van der Waals surface area contributed by atoms with Crippen molar-refractivity contribution in [2.24, 2.45) is 0 Å². The Morgan fingerprint density at radius 2 is 1.48 bits per heavy atom. The van der Waals surface area contributed by atoms with Gasteiger partial charge in [-0.3, -0.25) is 0 Å². The second-order valence-corrected chi connectivity index (χ2v) is 6.02. The van der Waals surface area contributed by atoms with Gasteiger partial charge in [0.2, 0.25) is 0 Å². The van der Waals surface area contributed by atoms with E-state index in [1.54, 1.807) is 0 Å². The first kappa shape index (κ1) is 17.0. The lowest BCUT2D eigenvalue weighted by molar-refractivity contribution is 0.221. The summed E-state index contributed by atoms with van der Waals surface area (Å²) in [4.78, 5) is 0. The predicted molar refractivity (Wildman–Crippen MR) is 105 cm³/mol. The van der Waals surface area contributed by atoms with Crippen molar-refractivity contribution in [3.8, 4) is 0 Å². The third-order valence-corrected chi connectivity index (χ3v) is 4.32. The average molecular weight is 329 g/mol. The summed E-state index contributed by atoms with van der Waals surface area (Å²) >= 11 is 0. The van der Waals surface area contributed by atoms with Gasteiger partial charge in [0.25, 0.3) is 0 Å². The van der Waals surface area contributed by atoms with Crippen molar-refractivity contribution in [1.82, 2.24) is 0 Å². The average Bonchev–Trinajstić information content (AvgIpc) is 2.68. The van der Waals surface area contributed by atoms with Crippen LogP contribution in [-0.4, -0.2) is 5.11 Å². The van der Waals surface area contributed by atoms with Crippen LogP contribution in [0.4, 0.5) is 5.69 Å². The van der Waals surface area contributed by atoms with Gasteiger partial charge in [0.15, 0.2) is 0 Å². The normalized spacial score (nSPS) is 11.7. The van der Waals surface area contributed by atoms with Crippen LogP contribution < -0.4 is 5.32 Å². The summed E-state index contributed by atoms with van der Waals surface area (Å²) in [6, 6.07) is 26.0. The molecule has 0 aliphatic heterocycles. The van der Waals surface area contributed by atoms with E-state index in [-0.39, 0.29) is 0 Å². The summed E-state index contributed by atoms with van der Waals surface area (Å²) in [5, 5.41) is 14.2. The largest absolute Gasteiger partial charge is 0.384 e. The second-order valence-electron chi connectivity index (χ2n) is 6.02. The molecule has 1 atom stereocenters. The predicted octanol–water partition coefficient (Wildman–Crippen LogP) is 5.11. The van der Waals surface area contributed by atoms with E-state index in [0.717, 1.165) is 23.2 Å². The van der Waals surface area contributed by atoms with Crippen molar-refractivity contribution >= 4 is 5.69 Å². The quantitative estimate of drug-likeness (QED) is 0.590. The number of aliphatic hydroxyl groups is 1. The smallest absolute Gasteiger partial charge is 0.106 e. The van der Waals surface area contributed by atoms with Gasteiger partial charge < -0.3 is 10.4 Å². The summed E-state index contributed by atoms with van der Waals surface area (Å²) in [5.74, 6) is 0. The molecule has 0 aliphatic rings. The van der Waals surface area contributed by atoms with Crippen LogP contribution in [0.2, 0.25) is 0 Å². The lowest BCUT2D eigenvalue weighted by Crippen LogP contribution is -2.08. The maximum Gasteiger partial charge on any atom is 0.106 e. The van der Waals surface area contributed by atoms with Gasteiger partial charge in [0.1, 0.15) is 6.10 Å². The summed E-state index contributed by atoms with van der Waals surface area (Å²) in [6.45, 7) is 4.54. The molecule has 0 fully saturated rings. The van der Waals surface area contributed by atoms with Gasteiger partial charge in [-0.15, -0.1) is 6.58 Å². The van der Waals surface area contributed by atoms with E-state index in [2.05, 4.69) is 30.1 Å². The monoisotopic (exact) mass is 329 g/mol. The van der Waals surface area contributed by atoms with E-state index in [0.29, 0.717) is 6.54 Å². The third kappa shape index (κ3) is 4.17. The molecule has 3 rings (SSSR count). The molecular formula is C23H23NO. The molecule has 0 saturated heterocycles. The van der Waals surface area contributed by atoms with Crippen LogP contribution in [0.1, 0.15) is 28.4 Å². The van der Waals surface area contributed by atoms with Crippen molar-refractivity contribution in [3.63, 3.8) is 0 Å². The Kier molecular flexibility index (Phi) is 5.65. The summed E-state index contributed by atoms with van der Waals surface area (Å²) in [7, 11) is 0. The van der Waals surface area contributed by atoms with Crippen LogP contribution in [0, 0.1) is 0 Å². The number of nitrogens with one attached hydrogen (secondary N) is 1. The zero-order chi connectivity index (χ0) is 17.5. The number of aliphatic hydroxyl groups excluding tert-OH is 1. The van der Waals surface area contributed by atoms with Crippen molar-refractivity contribution in [2.45, 2.75) is 19.1 Å². The molecule has 0 saturated carbocycles. The highest BCUT2D eigenvalue weighted by atomic mass is 16.3. The fourth-order valence-electron chi connectivity index (χ4n) is 2.99. The van der Waals surface area contributed by atoms with Gasteiger partial charge in [0.05, 0.1) is 0 Å².